The molecule has 0 aliphatic carbocycles. The van der Waals surface area contributed by atoms with E-state index in [1.807, 2.05) is 30.9 Å². The lowest BCUT2D eigenvalue weighted by Gasteiger charge is -2.37. The molecule has 1 aliphatic heterocycles. The van der Waals surface area contributed by atoms with Gasteiger partial charge in [0.25, 0.3) is 0 Å². The van der Waals surface area contributed by atoms with Gasteiger partial charge in [0.1, 0.15) is 0 Å². The number of aryl methyl sites for hydroxylation is 2. The van der Waals surface area contributed by atoms with E-state index in [0.29, 0.717) is 13.1 Å². The van der Waals surface area contributed by atoms with Gasteiger partial charge >= 0.3 is 0 Å². The standard InChI is InChI=1S/C15H22N2O3/c1-11-5-12(2)7-13(6-11)17-4-3-16(8-15(17)20)14(9-18)10-19/h5-7,14,18-19H,3-4,8-10H2,1-2H3. The first-order valence-electron chi connectivity index (χ1n) is 6.89. The van der Waals surface area contributed by atoms with Crippen molar-refractivity contribution < 1.29 is 15.0 Å². The largest absolute Gasteiger partial charge is 0.395 e. The molecule has 20 heavy (non-hydrogen) atoms. The minimum atomic E-state index is -0.347. The molecular formula is C15H22N2O3. The molecule has 1 aliphatic rings. The number of carbonyl (C=O) groups is 1. The Labute approximate surface area is 119 Å². The summed E-state index contributed by atoms with van der Waals surface area (Å²) in [6.07, 6.45) is 0. The molecule has 0 radical (unpaired) electrons. The molecule has 1 fully saturated rings. The number of carbonyl (C=O) groups excluding carboxylic acids is 1. The van der Waals surface area contributed by atoms with Gasteiger partial charge in [0.05, 0.1) is 25.8 Å². The van der Waals surface area contributed by atoms with Gasteiger partial charge in [-0.25, -0.2) is 0 Å². The van der Waals surface area contributed by atoms with Gasteiger partial charge in [-0.3, -0.25) is 9.69 Å². The number of piperazine rings is 1. The van der Waals surface area contributed by atoms with Crippen molar-refractivity contribution in [3.63, 3.8) is 0 Å². The highest BCUT2D eigenvalue weighted by Gasteiger charge is 2.29. The number of hydrogen-bond donors (Lipinski definition) is 2. The van der Waals surface area contributed by atoms with Crippen LogP contribution >= 0.6 is 0 Å². The molecule has 1 aromatic rings. The molecule has 5 heteroatoms. The first-order valence-corrected chi connectivity index (χ1v) is 6.89. The van der Waals surface area contributed by atoms with E-state index in [0.717, 1.165) is 16.8 Å². The SMILES string of the molecule is Cc1cc(C)cc(N2CCN(C(CO)CO)CC2=O)c1. The zero-order valence-electron chi connectivity index (χ0n) is 12.0. The van der Waals surface area contributed by atoms with Gasteiger partial charge in [0.15, 0.2) is 0 Å². The average molecular weight is 278 g/mol. The predicted octanol–water partition coefficient (Wildman–Crippen LogP) is 0.305. The fourth-order valence-electron chi connectivity index (χ4n) is 2.67. The second-order valence-corrected chi connectivity index (χ2v) is 5.38. The normalized spacial score (nSPS) is 17.1. The molecule has 1 heterocycles. The number of amides is 1. The molecule has 0 spiro atoms. The summed E-state index contributed by atoms with van der Waals surface area (Å²) < 4.78 is 0. The van der Waals surface area contributed by atoms with E-state index >= 15 is 0 Å². The molecule has 1 aromatic carbocycles. The van der Waals surface area contributed by atoms with Gasteiger partial charge in [0.2, 0.25) is 5.91 Å². The fourth-order valence-corrected chi connectivity index (χ4v) is 2.67. The zero-order chi connectivity index (χ0) is 14.7. The predicted molar refractivity (Wildman–Crippen MR) is 77.8 cm³/mol. The maximum atomic E-state index is 12.3. The van der Waals surface area contributed by atoms with E-state index in [1.165, 1.54) is 0 Å². The van der Waals surface area contributed by atoms with Crippen LogP contribution in [0.25, 0.3) is 0 Å². The Hall–Kier alpha value is -1.43. The van der Waals surface area contributed by atoms with Crippen molar-refractivity contribution in [2.24, 2.45) is 0 Å². The molecule has 2 N–H and O–H groups in total. The Morgan fingerprint density at radius 3 is 2.20 bits per heavy atom. The summed E-state index contributed by atoms with van der Waals surface area (Å²) in [6, 6.07) is 5.75. The molecule has 0 bridgehead atoms. The van der Waals surface area contributed by atoms with E-state index in [1.54, 1.807) is 4.90 Å². The summed E-state index contributed by atoms with van der Waals surface area (Å²) >= 11 is 0. The van der Waals surface area contributed by atoms with Crippen LogP contribution in [0.2, 0.25) is 0 Å². The number of anilines is 1. The second kappa shape index (κ2) is 6.35. The smallest absolute Gasteiger partial charge is 0.241 e. The van der Waals surface area contributed by atoms with Crippen molar-refractivity contribution in [2.75, 3.05) is 37.7 Å². The van der Waals surface area contributed by atoms with Gasteiger partial charge in [-0.15, -0.1) is 0 Å². The van der Waals surface area contributed by atoms with Crippen LogP contribution in [0, 0.1) is 13.8 Å². The quantitative estimate of drug-likeness (QED) is 0.832. The molecule has 1 saturated heterocycles. The number of rotatable bonds is 4. The summed E-state index contributed by atoms with van der Waals surface area (Å²) in [6.45, 7) is 5.25. The van der Waals surface area contributed by atoms with E-state index in [2.05, 4.69) is 6.07 Å². The highest BCUT2D eigenvalue weighted by atomic mass is 16.3. The van der Waals surface area contributed by atoms with Gasteiger partial charge in [0, 0.05) is 18.8 Å². The van der Waals surface area contributed by atoms with Crippen molar-refractivity contribution in [1.29, 1.82) is 0 Å². The fraction of sp³-hybridized carbons (Fsp3) is 0.533. The summed E-state index contributed by atoms with van der Waals surface area (Å²) in [5, 5.41) is 18.4. The summed E-state index contributed by atoms with van der Waals surface area (Å²) in [7, 11) is 0. The minimum absolute atomic E-state index is 0.00755. The molecule has 2 rings (SSSR count). The topological polar surface area (TPSA) is 64.0 Å². The molecule has 0 atom stereocenters. The Morgan fingerprint density at radius 1 is 1.10 bits per heavy atom. The second-order valence-electron chi connectivity index (χ2n) is 5.38. The lowest BCUT2D eigenvalue weighted by Crippen LogP contribution is -2.55. The Bertz CT molecular complexity index is 466. The third kappa shape index (κ3) is 3.17. The monoisotopic (exact) mass is 278 g/mol. The van der Waals surface area contributed by atoms with Gasteiger partial charge in [-0.1, -0.05) is 6.07 Å². The Kier molecular flexibility index (Phi) is 4.75. The summed E-state index contributed by atoms with van der Waals surface area (Å²) in [5.41, 5.74) is 3.20. The third-order valence-electron chi connectivity index (χ3n) is 3.71. The number of benzene rings is 1. The maximum Gasteiger partial charge on any atom is 0.241 e. The van der Waals surface area contributed by atoms with Crippen LogP contribution in [0.1, 0.15) is 11.1 Å². The number of nitrogens with zero attached hydrogens (tertiary/aromatic N) is 2. The third-order valence-corrected chi connectivity index (χ3v) is 3.71. The van der Waals surface area contributed by atoms with Gasteiger partial charge in [-0.05, 0) is 37.1 Å². The van der Waals surface area contributed by atoms with Crippen LogP contribution in [0.4, 0.5) is 5.69 Å². The summed E-state index contributed by atoms with van der Waals surface area (Å²) in [5.74, 6) is 0.00755. The van der Waals surface area contributed by atoms with Crippen LogP contribution < -0.4 is 4.90 Å². The lowest BCUT2D eigenvalue weighted by atomic mass is 10.1. The zero-order valence-corrected chi connectivity index (χ0v) is 12.0. The van der Waals surface area contributed by atoms with Crippen LogP contribution in [-0.4, -0.2) is 59.9 Å². The van der Waals surface area contributed by atoms with Crippen LogP contribution in [0.15, 0.2) is 18.2 Å². The van der Waals surface area contributed by atoms with Crippen molar-refractivity contribution in [2.45, 2.75) is 19.9 Å². The van der Waals surface area contributed by atoms with Crippen molar-refractivity contribution in [3.05, 3.63) is 29.3 Å². The van der Waals surface area contributed by atoms with Crippen molar-refractivity contribution in [1.82, 2.24) is 4.90 Å². The number of hydrogen-bond acceptors (Lipinski definition) is 4. The van der Waals surface area contributed by atoms with E-state index in [4.69, 9.17) is 0 Å². The van der Waals surface area contributed by atoms with Crippen molar-refractivity contribution >= 4 is 11.6 Å². The first kappa shape index (κ1) is 15.0. The van der Waals surface area contributed by atoms with Gasteiger partial charge < -0.3 is 15.1 Å². The van der Waals surface area contributed by atoms with Crippen LogP contribution in [-0.2, 0) is 4.79 Å². The number of aliphatic hydroxyl groups is 2. The molecule has 1 amide bonds. The minimum Gasteiger partial charge on any atom is -0.395 e. The molecular weight excluding hydrogens is 256 g/mol. The summed E-state index contributed by atoms with van der Waals surface area (Å²) in [4.78, 5) is 15.9. The molecule has 110 valence electrons. The van der Waals surface area contributed by atoms with E-state index in [9.17, 15) is 15.0 Å². The molecule has 5 nitrogen and oxygen atoms in total. The van der Waals surface area contributed by atoms with E-state index in [-0.39, 0.29) is 31.7 Å². The highest BCUT2D eigenvalue weighted by Crippen LogP contribution is 2.21. The van der Waals surface area contributed by atoms with Crippen molar-refractivity contribution in [3.8, 4) is 0 Å². The molecule has 0 unspecified atom stereocenters. The van der Waals surface area contributed by atoms with Crippen LogP contribution in [0.5, 0.6) is 0 Å². The molecule has 0 aromatic heterocycles. The Morgan fingerprint density at radius 2 is 1.70 bits per heavy atom. The highest BCUT2D eigenvalue weighted by molar-refractivity contribution is 5.95. The number of aliphatic hydroxyl groups excluding tert-OH is 2. The first-order chi connectivity index (χ1) is 9.55. The maximum absolute atomic E-state index is 12.3. The average Bonchev–Trinajstić information content (AvgIpc) is 2.39. The Balaban J connectivity index is 2.12. The van der Waals surface area contributed by atoms with Crippen LogP contribution in [0.3, 0.4) is 0 Å². The molecule has 0 saturated carbocycles. The van der Waals surface area contributed by atoms with Gasteiger partial charge in [-0.2, -0.15) is 0 Å². The van der Waals surface area contributed by atoms with E-state index < -0.39 is 0 Å². The lowest BCUT2D eigenvalue weighted by molar-refractivity contribution is -0.122.